The highest BCUT2D eigenvalue weighted by atomic mass is 35.5. The van der Waals surface area contributed by atoms with Crippen LogP contribution in [0.2, 0.25) is 5.02 Å². The van der Waals surface area contributed by atoms with Crippen molar-refractivity contribution in [2.45, 2.75) is 0 Å². The number of carboxylic acid groups (broad SMARTS) is 1. The standard InChI is InChI=1S/C19H12ClNO5S2/c20-13-5-3-12(4-6-13)18(25)26-14-7-1-11(2-8-14)9-15-17(24)21(10-16(22)23)19(27)28-15/h1-9H,10H2,(H,22,23). The molecule has 1 aliphatic rings. The molecule has 6 nitrogen and oxygen atoms in total. The zero-order valence-corrected chi connectivity index (χ0v) is 16.5. The number of hydrogen-bond donors (Lipinski definition) is 1. The van der Waals surface area contributed by atoms with Gasteiger partial charge in [-0.2, -0.15) is 0 Å². The van der Waals surface area contributed by atoms with E-state index in [1.807, 2.05) is 0 Å². The molecule has 9 heteroatoms. The third-order valence-corrected chi connectivity index (χ3v) is 5.27. The van der Waals surface area contributed by atoms with Crippen LogP contribution in [0.25, 0.3) is 6.08 Å². The average Bonchev–Trinajstić information content (AvgIpc) is 2.91. The number of carbonyl (C=O) groups excluding carboxylic acids is 2. The Morgan fingerprint density at radius 1 is 1.14 bits per heavy atom. The summed E-state index contributed by atoms with van der Waals surface area (Å²) in [5, 5.41) is 9.38. The first-order chi connectivity index (χ1) is 13.3. The number of esters is 1. The van der Waals surface area contributed by atoms with Crippen LogP contribution in [-0.2, 0) is 9.59 Å². The van der Waals surface area contributed by atoms with E-state index < -0.39 is 24.4 Å². The minimum atomic E-state index is -1.13. The zero-order chi connectivity index (χ0) is 20.3. The van der Waals surface area contributed by atoms with Gasteiger partial charge in [0.05, 0.1) is 10.5 Å². The molecule has 0 spiro atoms. The first-order valence-corrected chi connectivity index (χ1v) is 9.49. The van der Waals surface area contributed by atoms with E-state index in [1.54, 1.807) is 54.6 Å². The van der Waals surface area contributed by atoms with E-state index in [0.29, 0.717) is 26.8 Å². The topological polar surface area (TPSA) is 83.9 Å². The SMILES string of the molecule is O=C(O)CN1C(=O)C(=Cc2ccc(OC(=O)c3ccc(Cl)cc3)cc2)SC1=S. The van der Waals surface area contributed by atoms with E-state index in [0.717, 1.165) is 16.7 Å². The minimum absolute atomic E-state index is 0.201. The van der Waals surface area contributed by atoms with Crippen molar-refractivity contribution in [2.75, 3.05) is 6.54 Å². The van der Waals surface area contributed by atoms with E-state index in [-0.39, 0.29) is 4.32 Å². The second-order valence-electron chi connectivity index (χ2n) is 5.63. The molecule has 1 saturated heterocycles. The molecule has 3 rings (SSSR count). The number of benzene rings is 2. The predicted octanol–water partition coefficient (Wildman–Crippen LogP) is 3.85. The Hall–Kier alpha value is -2.68. The van der Waals surface area contributed by atoms with Gasteiger partial charge in [0, 0.05) is 5.02 Å². The molecule has 0 radical (unpaired) electrons. The summed E-state index contributed by atoms with van der Waals surface area (Å²) >= 11 is 11.9. The number of aliphatic carboxylic acids is 1. The Labute approximate surface area is 174 Å². The van der Waals surface area contributed by atoms with Gasteiger partial charge in [-0.05, 0) is 48.0 Å². The fourth-order valence-corrected chi connectivity index (χ4v) is 3.69. The van der Waals surface area contributed by atoms with E-state index >= 15 is 0 Å². The van der Waals surface area contributed by atoms with Crippen molar-refractivity contribution in [2.24, 2.45) is 0 Å². The molecule has 1 N–H and O–H groups in total. The van der Waals surface area contributed by atoms with Crippen LogP contribution in [0.15, 0.2) is 53.4 Å². The van der Waals surface area contributed by atoms with Crippen molar-refractivity contribution in [1.29, 1.82) is 0 Å². The Morgan fingerprint density at radius 2 is 1.79 bits per heavy atom. The lowest BCUT2D eigenvalue weighted by molar-refractivity contribution is -0.140. The van der Waals surface area contributed by atoms with Crippen LogP contribution in [0.4, 0.5) is 0 Å². The quantitative estimate of drug-likeness (QED) is 0.332. The van der Waals surface area contributed by atoms with E-state index in [1.165, 1.54) is 0 Å². The highest BCUT2D eigenvalue weighted by molar-refractivity contribution is 8.26. The van der Waals surface area contributed by atoms with Gasteiger partial charge < -0.3 is 9.84 Å². The van der Waals surface area contributed by atoms with Gasteiger partial charge in [-0.1, -0.05) is 47.7 Å². The molecule has 1 amide bonds. The molecule has 0 bridgehead atoms. The molecule has 0 aromatic heterocycles. The number of amides is 1. The molecule has 1 fully saturated rings. The van der Waals surface area contributed by atoms with Crippen LogP contribution in [0.3, 0.4) is 0 Å². The molecule has 0 unspecified atom stereocenters. The van der Waals surface area contributed by atoms with Gasteiger partial charge in [-0.15, -0.1) is 0 Å². The van der Waals surface area contributed by atoms with Gasteiger partial charge in [-0.3, -0.25) is 14.5 Å². The first kappa shape index (κ1) is 20.1. The van der Waals surface area contributed by atoms with Gasteiger partial charge in [0.2, 0.25) is 0 Å². The maximum atomic E-state index is 12.3. The molecule has 1 aliphatic heterocycles. The maximum absolute atomic E-state index is 12.3. The summed E-state index contributed by atoms with van der Waals surface area (Å²) in [7, 11) is 0. The van der Waals surface area contributed by atoms with Crippen LogP contribution in [-0.4, -0.2) is 38.7 Å². The number of halogens is 1. The van der Waals surface area contributed by atoms with Crippen molar-refractivity contribution in [3.63, 3.8) is 0 Å². The van der Waals surface area contributed by atoms with Gasteiger partial charge in [0.15, 0.2) is 0 Å². The van der Waals surface area contributed by atoms with E-state index in [9.17, 15) is 14.4 Å². The fraction of sp³-hybridized carbons (Fsp3) is 0.0526. The first-order valence-electron chi connectivity index (χ1n) is 7.88. The van der Waals surface area contributed by atoms with Crippen molar-refractivity contribution in [1.82, 2.24) is 4.90 Å². The van der Waals surface area contributed by atoms with Crippen LogP contribution in [0.5, 0.6) is 5.75 Å². The van der Waals surface area contributed by atoms with Gasteiger partial charge in [-0.25, -0.2) is 4.79 Å². The number of thiocarbonyl (C=S) groups is 1. The number of ether oxygens (including phenoxy) is 1. The predicted molar refractivity (Wildman–Crippen MR) is 110 cm³/mol. The molecule has 2 aromatic rings. The maximum Gasteiger partial charge on any atom is 0.343 e. The molecular formula is C19H12ClNO5S2. The summed E-state index contributed by atoms with van der Waals surface area (Å²) in [6.45, 7) is -0.471. The normalized spacial score (nSPS) is 15.2. The highest BCUT2D eigenvalue weighted by Crippen LogP contribution is 2.32. The lowest BCUT2D eigenvalue weighted by Gasteiger charge is -2.10. The van der Waals surface area contributed by atoms with Crippen LogP contribution >= 0.6 is 35.6 Å². The smallest absolute Gasteiger partial charge is 0.343 e. The number of hydrogen-bond acceptors (Lipinski definition) is 6. The number of thioether (sulfide) groups is 1. The molecule has 0 saturated carbocycles. The monoisotopic (exact) mass is 433 g/mol. The molecule has 142 valence electrons. The summed E-state index contributed by atoms with van der Waals surface area (Å²) in [5.74, 6) is -1.76. The van der Waals surface area contributed by atoms with Crippen LogP contribution < -0.4 is 4.74 Å². The Morgan fingerprint density at radius 3 is 2.39 bits per heavy atom. The summed E-state index contributed by atoms with van der Waals surface area (Å²) < 4.78 is 5.50. The van der Waals surface area contributed by atoms with Crippen molar-refractivity contribution < 1.29 is 24.2 Å². The summed E-state index contributed by atoms with van der Waals surface area (Å²) in [5.41, 5.74) is 1.05. The summed E-state index contributed by atoms with van der Waals surface area (Å²) in [4.78, 5) is 36.6. The Balaban J connectivity index is 1.69. The van der Waals surface area contributed by atoms with Crippen LogP contribution in [0.1, 0.15) is 15.9 Å². The van der Waals surface area contributed by atoms with E-state index in [4.69, 9.17) is 33.7 Å². The molecule has 1 heterocycles. The zero-order valence-electron chi connectivity index (χ0n) is 14.1. The fourth-order valence-electron chi connectivity index (χ4n) is 2.31. The summed E-state index contributed by atoms with van der Waals surface area (Å²) in [6, 6.07) is 12.9. The number of rotatable bonds is 5. The number of carbonyl (C=O) groups is 3. The largest absolute Gasteiger partial charge is 0.480 e. The third-order valence-electron chi connectivity index (χ3n) is 3.64. The van der Waals surface area contributed by atoms with E-state index in [2.05, 4.69) is 0 Å². The average molecular weight is 434 g/mol. The molecule has 0 atom stereocenters. The summed E-state index contributed by atoms with van der Waals surface area (Å²) in [6.07, 6.45) is 1.60. The lowest BCUT2D eigenvalue weighted by Crippen LogP contribution is -2.33. The second kappa shape index (κ2) is 8.55. The van der Waals surface area contributed by atoms with Gasteiger partial charge >= 0.3 is 11.9 Å². The number of carboxylic acids is 1. The molecule has 28 heavy (non-hydrogen) atoms. The van der Waals surface area contributed by atoms with Crippen LogP contribution in [0, 0.1) is 0 Å². The van der Waals surface area contributed by atoms with Crippen molar-refractivity contribution in [3.05, 3.63) is 69.6 Å². The van der Waals surface area contributed by atoms with Gasteiger partial charge in [0.25, 0.3) is 5.91 Å². The Kier molecular flexibility index (Phi) is 6.13. The molecular weight excluding hydrogens is 422 g/mol. The van der Waals surface area contributed by atoms with Crippen molar-refractivity contribution >= 4 is 63.8 Å². The Bertz CT molecular complexity index is 986. The van der Waals surface area contributed by atoms with Crippen molar-refractivity contribution in [3.8, 4) is 5.75 Å². The van der Waals surface area contributed by atoms with Gasteiger partial charge in [0.1, 0.15) is 16.6 Å². The minimum Gasteiger partial charge on any atom is -0.480 e. The third kappa shape index (κ3) is 4.78. The molecule has 2 aromatic carbocycles. The molecule has 0 aliphatic carbocycles. The number of nitrogens with zero attached hydrogens (tertiary/aromatic N) is 1. The second-order valence-corrected chi connectivity index (χ2v) is 7.74. The highest BCUT2D eigenvalue weighted by Gasteiger charge is 2.33. The lowest BCUT2D eigenvalue weighted by atomic mass is 10.2.